The fourth-order valence-electron chi connectivity index (χ4n) is 2.58. The summed E-state index contributed by atoms with van der Waals surface area (Å²) < 4.78 is 0. The third-order valence-electron chi connectivity index (χ3n) is 3.60. The molecule has 2 heterocycles. The molecule has 98 valence electrons. The summed E-state index contributed by atoms with van der Waals surface area (Å²) >= 11 is 9.81. The van der Waals surface area contributed by atoms with Crippen molar-refractivity contribution >= 4 is 40.6 Å². The summed E-state index contributed by atoms with van der Waals surface area (Å²) in [5.74, 6) is 2.30. The van der Waals surface area contributed by atoms with Gasteiger partial charge in [-0.1, -0.05) is 0 Å². The van der Waals surface area contributed by atoms with Gasteiger partial charge in [-0.25, -0.2) is 0 Å². The van der Waals surface area contributed by atoms with Crippen LogP contribution in [0, 0.1) is 0 Å². The number of alkyl halides is 1. The Labute approximate surface area is 120 Å². The Morgan fingerprint density at radius 3 is 3.06 bits per heavy atom. The highest BCUT2D eigenvalue weighted by atomic mass is 35.5. The van der Waals surface area contributed by atoms with Crippen molar-refractivity contribution in [3.8, 4) is 0 Å². The van der Waals surface area contributed by atoms with Crippen molar-refractivity contribution in [2.24, 2.45) is 0 Å². The van der Waals surface area contributed by atoms with Gasteiger partial charge in [0.05, 0.1) is 10.3 Å². The van der Waals surface area contributed by atoms with E-state index in [-0.39, 0.29) is 17.3 Å². The molecule has 0 aromatic carbocycles. The minimum absolute atomic E-state index is 0.0666. The second-order valence-corrected chi connectivity index (χ2v) is 7.69. The molecule has 1 amide bonds. The van der Waals surface area contributed by atoms with Gasteiger partial charge in [-0.15, -0.1) is 22.9 Å². The SMILES string of the molecule is O=C(NC1CCCC1Cl)c1cc2c(s1)CCSC2. The van der Waals surface area contributed by atoms with E-state index in [9.17, 15) is 4.79 Å². The van der Waals surface area contributed by atoms with Crippen molar-refractivity contribution in [2.45, 2.75) is 42.9 Å². The molecule has 1 aliphatic heterocycles. The summed E-state index contributed by atoms with van der Waals surface area (Å²) in [5, 5.41) is 3.20. The topological polar surface area (TPSA) is 29.1 Å². The van der Waals surface area contributed by atoms with Gasteiger partial charge in [0.25, 0.3) is 5.91 Å². The summed E-state index contributed by atoms with van der Waals surface area (Å²) in [4.78, 5) is 14.5. The molecule has 2 atom stereocenters. The fourth-order valence-corrected chi connectivity index (χ4v) is 5.19. The van der Waals surface area contributed by atoms with Crippen LogP contribution in [0.3, 0.4) is 0 Å². The highest BCUT2D eigenvalue weighted by molar-refractivity contribution is 7.98. The van der Waals surface area contributed by atoms with Gasteiger partial charge in [-0.3, -0.25) is 4.79 Å². The summed E-state index contributed by atoms with van der Waals surface area (Å²) in [5.41, 5.74) is 1.36. The molecule has 2 unspecified atom stereocenters. The van der Waals surface area contributed by atoms with Gasteiger partial charge < -0.3 is 5.32 Å². The maximum atomic E-state index is 12.2. The van der Waals surface area contributed by atoms with Gasteiger partial charge in [-0.05, 0) is 43.1 Å². The zero-order chi connectivity index (χ0) is 12.5. The molecule has 0 saturated heterocycles. The molecule has 2 nitrogen and oxygen atoms in total. The number of fused-ring (bicyclic) bond motifs is 1. The van der Waals surface area contributed by atoms with Crippen LogP contribution in [-0.4, -0.2) is 23.1 Å². The van der Waals surface area contributed by atoms with Crippen LogP contribution in [0.5, 0.6) is 0 Å². The number of halogens is 1. The first-order chi connectivity index (χ1) is 8.74. The Morgan fingerprint density at radius 1 is 1.44 bits per heavy atom. The number of carbonyl (C=O) groups excluding carboxylic acids is 1. The first kappa shape index (κ1) is 12.8. The van der Waals surface area contributed by atoms with Crippen molar-refractivity contribution < 1.29 is 4.79 Å². The molecule has 18 heavy (non-hydrogen) atoms. The van der Waals surface area contributed by atoms with Gasteiger partial charge in [0.1, 0.15) is 0 Å². The number of rotatable bonds is 2. The van der Waals surface area contributed by atoms with E-state index in [1.54, 1.807) is 11.3 Å². The minimum atomic E-state index is 0.0666. The maximum absolute atomic E-state index is 12.2. The predicted octanol–water partition coefficient (Wildman–Crippen LogP) is 3.43. The summed E-state index contributed by atoms with van der Waals surface area (Å²) in [7, 11) is 0. The smallest absolute Gasteiger partial charge is 0.261 e. The second-order valence-electron chi connectivity index (χ2n) is 4.89. The largest absolute Gasteiger partial charge is 0.347 e. The van der Waals surface area contributed by atoms with E-state index in [1.807, 2.05) is 11.8 Å². The number of aryl methyl sites for hydroxylation is 1. The molecule has 0 radical (unpaired) electrons. The van der Waals surface area contributed by atoms with Crippen LogP contribution >= 0.6 is 34.7 Å². The maximum Gasteiger partial charge on any atom is 0.261 e. The normalized spacial score (nSPS) is 26.9. The van der Waals surface area contributed by atoms with E-state index in [2.05, 4.69) is 11.4 Å². The molecule has 1 aromatic rings. The first-order valence-corrected chi connectivity index (χ1v) is 8.79. The Balaban J connectivity index is 1.70. The predicted molar refractivity (Wildman–Crippen MR) is 78.9 cm³/mol. The van der Waals surface area contributed by atoms with Crippen molar-refractivity contribution in [2.75, 3.05) is 5.75 Å². The van der Waals surface area contributed by atoms with E-state index in [1.165, 1.54) is 16.2 Å². The zero-order valence-corrected chi connectivity index (χ0v) is 12.5. The van der Waals surface area contributed by atoms with Crippen molar-refractivity contribution in [3.05, 3.63) is 21.4 Å². The lowest BCUT2D eigenvalue weighted by molar-refractivity contribution is 0.0942. The molecule has 0 bridgehead atoms. The molecule has 5 heteroatoms. The highest BCUT2D eigenvalue weighted by Crippen LogP contribution is 2.32. The lowest BCUT2D eigenvalue weighted by Crippen LogP contribution is -2.37. The Hall–Kier alpha value is -0.190. The Kier molecular flexibility index (Phi) is 3.87. The van der Waals surface area contributed by atoms with Crippen LogP contribution in [0.1, 0.15) is 39.4 Å². The number of nitrogens with one attached hydrogen (secondary N) is 1. The Bertz CT molecular complexity index is 436. The van der Waals surface area contributed by atoms with Crippen molar-refractivity contribution in [1.82, 2.24) is 5.32 Å². The number of amides is 1. The number of thioether (sulfide) groups is 1. The standard InChI is InChI=1S/C13H16ClNOS2/c14-9-2-1-3-10(9)15-13(16)12-6-8-7-17-5-4-11(8)18-12/h6,9-10H,1-5,7H2,(H,15,16). The monoisotopic (exact) mass is 301 g/mol. The molecular weight excluding hydrogens is 286 g/mol. The first-order valence-electron chi connectivity index (χ1n) is 6.38. The minimum Gasteiger partial charge on any atom is -0.347 e. The molecule has 1 N–H and O–H groups in total. The lowest BCUT2D eigenvalue weighted by atomic mass is 10.2. The van der Waals surface area contributed by atoms with Gasteiger partial charge in [-0.2, -0.15) is 11.8 Å². The van der Waals surface area contributed by atoms with Gasteiger partial charge >= 0.3 is 0 Å². The average molecular weight is 302 g/mol. The molecule has 1 fully saturated rings. The molecule has 3 rings (SSSR count). The zero-order valence-electron chi connectivity index (χ0n) is 10.1. The second kappa shape index (κ2) is 5.43. The molecule has 2 aliphatic rings. The number of hydrogen-bond donors (Lipinski definition) is 1. The van der Waals surface area contributed by atoms with Crippen molar-refractivity contribution in [3.63, 3.8) is 0 Å². The number of thiophene rings is 1. The van der Waals surface area contributed by atoms with Gasteiger partial charge in [0, 0.05) is 16.7 Å². The van der Waals surface area contributed by atoms with E-state index in [0.29, 0.717) is 0 Å². The third-order valence-corrected chi connectivity index (χ3v) is 6.37. The number of hydrogen-bond acceptors (Lipinski definition) is 3. The fraction of sp³-hybridized carbons (Fsp3) is 0.615. The van der Waals surface area contributed by atoms with Crippen LogP contribution in [0.25, 0.3) is 0 Å². The summed E-state index contributed by atoms with van der Waals surface area (Å²) in [6.07, 6.45) is 4.27. The number of carbonyl (C=O) groups is 1. The molecular formula is C13H16ClNOS2. The summed E-state index contributed by atoms with van der Waals surface area (Å²) in [6, 6.07) is 2.23. The van der Waals surface area contributed by atoms with Crippen LogP contribution in [-0.2, 0) is 12.2 Å². The van der Waals surface area contributed by atoms with Gasteiger partial charge in [0.2, 0.25) is 0 Å². The van der Waals surface area contributed by atoms with Crippen molar-refractivity contribution in [1.29, 1.82) is 0 Å². The van der Waals surface area contributed by atoms with E-state index < -0.39 is 0 Å². The quantitative estimate of drug-likeness (QED) is 0.848. The highest BCUT2D eigenvalue weighted by Gasteiger charge is 2.27. The van der Waals surface area contributed by atoms with E-state index in [0.717, 1.165) is 36.3 Å². The van der Waals surface area contributed by atoms with E-state index in [4.69, 9.17) is 11.6 Å². The van der Waals surface area contributed by atoms with Crippen LogP contribution in [0.4, 0.5) is 0 Å². The van der Waals surface area contributed by atoms with Gasteiger partial charge in [0.15, 0.2) is 0 Å². The molecule has 1 aliphatic carbocycles. The lowest BCUT2D eigenvalue weighted by Gasteiger charge is -2.14. The van der Waals surface area contributed by atoms with Crippen LogP contribution in [0.2, 0.25) is 0 Å². The van der Waals surface area contributed by atoms with Crippen LogP contribution in [0.15, 0.2) is 6.07 Å². The van der Waals surface area contributed by atoms with Crippen LogP contribution < -0.4 is 5.32 Å². The van der Waals surface area contributed by atoms with E-state index >= 15 is 0 Å². The third kappa shape index (κ3) is 2.56. The Morgan fingerprint density at radius 2 is 2.33 bits per heavy atom. The average Bonchev–Trinajstić information content (AvgIpc) is 2.96. The molecule has 0 spiro atoms. The summed E-state index contributed by atoms with van der Waals surface area (Å²) in [6.45, 7) is 0. The molecule has 1 saturated carbocycles. The molecule has 1 aromatic heterocycles.